The molecular weight excluding hydrogens is 202 g/mol. The number of hydrogen-bond donors (Lipinski definition) is 1. The highest BCUT2D eigenvalue weighted by molar-refractivity contribution is 6.18. The number of carbonyl (C=O) groups is 1. The van der Waals surface area contributed by atoms with Crippen LogP contribution >= 0.6 is 11.6 Å². The summed E-state index contributed by atoms with van der Waals surface area (Å²) in [6.45, 7) is 6.24. The van der Waals surface area contributed by atoms with Crippen LogP contribution in [0.4, 0.5) is 0 Å². The maximum absolute atomic E-state index is 10.9. The Morgan fingerprint density at radius 1 is 1.43 bits per heavy atom. The van der Waals surface area contributed by atoms with Gasteiger partial charge in [0.25, 0.3) is 0 Å². The van der Waals surface area contributed by atoms with Crippen LogP contribution in [0.5, 0.6) is 0 Å². The van der Waals surface area contributed by atoms with Gasteiger partial charge in [-0.05, 0) is 12.3 Å². The summed E-state index contributed by atoms with van der Waals surface area (Å²) in [6, 6.07) is 0. The molecule has 0 heterocycles. The van der Waals surface area contributed by atoms with Crippen molar-refractivity contribution in [3.8, 4) is 0 Å². The molecule has 0 aliphatic rings. The van der Waals surface area contributed by atoms with E-state index in [4.69, 9.17) is 16.3 Å². The number of hydrogen-bond acceptors (Lipinski definition) is 2. The van der Waals surface area contributed by atoms with Gasteiger partial charge < -0.3 is 10.1 Å². The van der Waals surface area contributed by atoms with Gasteiger partial charge in [0, 0.05) is 25.5 Å². The molecular formula is C10H20ClNO2. The van der Waals surface area contributed by atoms with Crippen molar-refractivity contribution in [1.29, 1.82) is 0 Å². The predicted octanol–water partition coefficient (Wildman–Crippen LogP) is 1.79. The van der Waals surface area contributed by atoms with Crippen LogP contribution < -0.4 is 5.32 Å². The standard InChI is InChI=1S/C10H20ClNO2/c1-9(2)4-7-14-8-6-12-10(13)3-5-11/h9H,3-8H2,1-2H3,(H,12,13). The molecule has 0 aromatic heterocycles. The van der Waals surface area contributed by atoms with Crippen molar-refractivity contribution in [2.24, 2.45) is 5.92 Å². The normalized spacial score (nSPS) is 10.6. The second kappa shape index (κ2) is 9.28. The van der Waals surface area contributed by atoms with E-state index in [2.05, 4.69) is 19.2 Å². The molecule has 0 aromatic carbocycles. The van der Waals surface area contributed by atoms with E-state index in [9.17, 15) is 4.79 Å². The zero-order valence-electron chi connectivity index (χ0n) is 9.01. The highest BCUT2D eigenvalue weighted by Gasteiger charge is 1.98. The first-order valence-electron chi connectivity index (χ1n) is 5.07. The smallest absolute Gasteiger partial charge is 0.221 e. The number of alkyl halides is 1. The van der Waals surface area contributed by atoms with Crippen molar-refractivity contribution in [1.82, 2.24) is 5.32 Å². The molecule has 1 amide bonds. The number of rotatable bonds is 8. The van der Waals surface area contributed by atoms with Crippen LogP contribution in [0.1, 0.15) is 26.7 Å². The van der Waals surface area contributed by atoms with Gasteiger partial charge in [-0.1, -0.05) is 13.8 Å². The summed E-state index contributed by atoms with van der Waals surface area (Å²) >= 11 is 5.40. The van der Waals surface area contributed by atoms with Crippen molar-refractivity contribution in [2.75, 3.05) is 25.6 Å². The minimum atomic E-state index is -0.00698. The molecule has 4 heteroatoms. The maximum atomic E-state index is 10.9. The van der Waals surface area contributed by atoms with Gasteiger partial charge in [0.1, 0.15) is 0 Å². The Kier molecular flexibility index (Phi) is 9.10. The molecule has 0 aromatic rings. The zero-order chi connectivity index (χ0) is 10.8. The Hall–Kier alpha value is -0.280. The van der Waals surface area contributed by atoms with Crippen LogP contribution in [0.2, 0.25) is 0 Å². The molecule has 14 heavy (non-hydrogen) atoms. The average Bonchev–Trinajstić information content (AvgIpc) is 2.11. The third-order valence-electron chi connectivity index (χ3n) is 1.73. The summed E-state index contributed by atoms with van der Waals surface area (Å²) in [6.07, 6.45) is 1.45. The summed E-state index contributed by atoms with van der Waals surface area (Å²) in [4.78, 5) is 10.9. The van der Waals surface area contributed by atoms with Gasteiger partial charge in [0.05, 0.1) is 6.61 Å². The van der Waals surface area contributed by atoms with Gasteiger partial charge in [0.15, 0.2) is 0 Å². The van der Waals surface area contributed by atoms with Gasteiger partial charge in [-0.2, -0.15) is 0 Å². The molecule has 0 bridgehead atoms. The van der Waals surface area contributed by atoms with Crippen LogP contribution in [-0.4, -0.2) is 31.5 Å². The minimum absolute atomic E-state index is 0.00698. The monoisotopic (exact) mass is 221 g/mol. The first kappa shape index (κ1) is 13.7. The van der Waals surface area contributed by atoms with Crippen LogP contribution in [0.25, 0.3) is 0 Å². The zero-order valence-corrected chi connectivity index (χ0v) is 9.77. The van der Waals surface area contributed by atoms with E-state index in [-0.39, 0.29) is 5.91 Å². The van der Waals surface area contributed by atoms with E-state index in [1.165, 1.54) is 0 Å². The van der Waals surface area contributed by atoms with Gasteiger partial charge in [-0.25, -0.2) is 0 Å². The van der Waals surface area contributed by atoms with Crippen molar-refractivity contribution in [2.45, 2.75) is 26.7 Å². The number of amides is 1. The van der Waals surface area contributed by atoms with Gasteiger partial charge in [-0.15, -0.1) is 11.6 Å². The Morgan fingerprint density at radius 3 is 2.71 bits per heavy atom. The second-order valence-corrected chi connectivity index (χ2v) is 3.96. The lowest BCUT2D eigenvalue weighted by molar-refractivity contribution is -0.120. The first-order valence-corrected chi connectivity index (χ1v) is 5.60. The summed E-state index contributed by atoms with van der Waals surface area (Å²) in [5, 5.41) is 2.72. The molecule has 0 aliphatic heterocycles. The van der Waals surface area contributed by atoms with E-state index in [0.717, 1.165) is 13.0 Å². The largest absolute Gasteiger partial charge is 0.380 e. The molecule has 0 radical (unpaired) electrons. The van der Waals surface area contributed by atoms with Gasteiger partial charge in [-0.3, -0.25) is 4.79 Å². The maximum Gasteiger partial charge on any atom is 0.221 e. The fraction of sp³-hybridized carbons (Fsp3) is 0.900. The van der Waals surface area contributed by atoms with Crippen LogP contribution in [0.15, 0.2) is 0 Å². The number of halogens is 1. The molecule has 0 rings (SSSR count). The Bertz CT molecular complexity index is 151. The van der Waals surface area contributed by atoms with Crippen LogP contribution in [0, 0.1) is 5.92 Å². The molecule has 1 N–H and O–H groups in total. The predicted molar refractivity (Wildman–Crippen MR) is 58.6 cm³/mol. The SMILES string of the molecule is CC(C)CCOCCNC(=O)CCCl. The molecule has 3 nitrogen and oxygen atoms in total. The topological polar surface area (TPSA) is 38.3 Å². The number of carbonyl (C=O) groups excluding carboxylic acids is 1. The third kappa shape index (κ3) is 9.81. The molecule has 0 fully saturated rings. The molecule has 0 atom stereocenters. The lowest BCUT2D eigenvalue weighted by Crippen LogP contribution is -2.27. The molecule has 0 aliphatic carbocycles. The fourth-order valence-electron chi connectivity index (χ4n) is 0.858. The molecule has 0 saturated heterocycles. The van der Waals surface area contributed by atoms with Crippen molar-refractivity contribution in [3.63, 3.8) is 0 Å². The van der Waals surface area contributed by atoms with Crippen molar-refractivity contribution >= 4 is 17.5 Å². The Morgan fingerprint density at radius 2 is 2.14 bits per heavy atom. The Labute approximate surface area is 91.2 Å². The second-order valence-electron chi connectivity index (χ2n) is 3.58. The average molecular weight is 222 g/mol. The summed E-state index contributed by atoms with van der Waals surface area (Å²) < 4.78 is 5.33. The first-order chi connectivity index (χ1) is 6.66. The van der Waals surface area contributed by atoms with Gasteiger partial charge >= 0.3 is 0 Å². The van der Waals surface area contributed by atoms with Crippen LogP contribution in [0.3, 0.4) is 0 Å². The van der Waals surface area contributed by atoms with E-state index in [1.807, 2.05) is 0 Å². The van der Waals surface area contributed by atoms with E-state index < -0.39 is 0 Å². The van der Waals surface area contributed by atoms with Crippen molar-refractivity contribution in [3.05, 3.63) is 0 Å². The number of nitrogens with one attached hydrogen (secondary N) is 1. The van der Waals surface area contributed by atoms with E-state index in [0.29, 0.717) is 31.4 Å². The third-order valence-corrected chi connectivity index (χ3v) is 1.92. The fourth-order valence-corrected chi connectivity index (χ4v) is 1.03. The minimum Gasteiger partial charge on any atom is -0.380 e. The molecule has 0 unspecified atom stereocenters. The highest BCUT2D eigenvalue weighted by atomic mass is 35.5. The summed E-state index contributed by atoms with van der Waals surface area (Å²) in [7, 11) is 0. The van der Waals surface area contributed by atoms with Gasteiger partial charge in [0.2, 0.25) is 5.91 Å². The summed E-state index contributed by atoms with van der Waals surface area (Å²) in [5.41, 5.74) is 0. The van der Waals surface area contributed by atoms with E-state index >= 15 is 0 Å². The lowest BCUT2D eigenvalue weighted by atomic mass is 10.1. The van der Waals surface area contributed by atoms with Crippen LogP contribution in [-0.2, 0) is 9.53 Å². The lowest BCUT2D eigenvalue weighted by Gasteiger charge is -2.07. The quantitative estimate of drug-likeness (QED) is 0.502. The van der Waals surface area contributed by atoms with Crippen molar-refractivity contribution < 1.29 is 9.53 Å². The molecule has 84 valence electrons. The highest BCUT2D eigenvalue weighted by Crippen LogP contribution is 1.98. The Balaban J connectivity index is 3.09. The molecule has 0 saturated carbocycles. The molecule has 0 spiro atoms. The summed E-state index contributed by atoms with van der Waals surface area (Å²) in [5.74, 6) is 1.04. The van der Waals surface area contributed by atoms with E-state index in [1.54, 1.807) is 0 Å². The number of ether oxygens (including phenoxy) is 1.